The van der Waals surface area contributed by atoms with E-state index in [9.17, 15) is 4.79 Å². The van der Waals surface area contributed by atoms with Crippen molar-refractivity contribution in [3.8, 4) is 0 Å². The molecule has 2 aromatic heterocycles. The molecule has 78 valence electrons. The average Bonchev–Trinajstić information content (AvgIpc) is 2.44. The standard InChI is InChI=1S/C11H11BrN2O/c1-7-4-3-5-14-9(6-8(2)15)13-11(12)10(7)14/h3-5H,6H2,1-2H3. The zero-order valence-electron chi connectivity index (χ0n) is 8.62. The number of imidazole rings is 1. The van der Waals surface area contributed by atoms with Crippen LogP contribution >= 0.6 is 15.9 Å². The van der Waals surface area contributed by atoms with Crippen LogP contribution < -0.4 is 0 Å². The molecule has 0 atom stereocenters. The smallest absolute Gasteiger partial charge is 0.137 e. The average molecular weight is 267 g/mol. The molecular weight excluding hydrogens is 256 g/mol. The Balaban J connectivity index is 2.68. The van der Waals surface area contributed by atoms with E-state index < -0.39 is 0 Å². The van der Waals surface area contributed by atoms with Gasteiger partial charge in [-0.1, -0.05) is 6.07 Å². The Bertz CT molecular complexity index is 531. The minimum absolute atomic E-state index is 0.121. The first kappa shape index (κ1) is 10.4. The molecule has 0 spiro atoms. The van der Waals surface area contributed by atoms with Gasteiger partial charge in [-0.15, -0.1) is 0 Å². The normalized spacial score (nSPS) is 10.9. The van der Waals surface area contributed by atoms with Gasteiger partial charge >= 0.3 is 0 Å². The molecular formula is C11H11BrN2O. The number of rotatable bonds is 2. The Kier molecular flexibility index (Phi) is 2.61. The van der Waals surface area contributed by atoms with Crippen LogP contribution in [-0.2, 0) is 11.2 Å². The number of carbonyl (C=O) groups is 1. The first-order valence-electron chi connectivity index (χ1n) is 4.71. The topological polar surface area (TPSA) is 34.4 Å². The molecule has 2 heterocycles. The first-order valence-corrected chi connectivity index (χ1v) is 5.50. The zero-order chi connectivity index (χ0) is 11.0. The van der Waals surface area contributed by atoms with Crippen molar-refractivity contribution in [3.63, 3.8) is 0 Å². The van der Waals surface area contributed by atoms with Gasteiger partial charge in [0.15, 0.2) is 0 Å². The number of fused-ring (bicyclic) bond motifs is 1. The monoisotopic (exact) mass is 266 g/mol. The third-order valence-corrected chi connectivity index (χ3v) is 2.86. The second kappa shape index (κ2) is 3.77. The van der Waals surface area contributed by atoms with E-state index in [1.807, 2.05) is 29.7 Å². The molecule has 2 aromatic rings. The molecule has 3 nitrogen and oxygen atoms in total. The van der Waals surface area contributed by atoms with Gasteiger partial charge in [0.2, 0.25) is 0 Å². The van der Waals surface area contributed by atoms with Gasteiger partial charge in [0.25, 0.3) is 0 Å². The number of nitrogens with zero attached hydrogens (tertiary/aromatic N) is 2. The minimum Gasteiger partial charge on any atom is -0.302 e. The first-order chi connectivity index (χ1) is 7.09. The van der Waals surface area contributed by atoms with E-state index in [2.05, 4.69) is 20.9 Å². The van der Waals surface area contributed by atoms with Crippen molar-refractivity contribution in [1.82, 2.24) is 9.38 Å². The fourth-order valence-corrected chi connectivity index (χ4v) is 2.37. The Morgan fingerprint density at radius 1 is 1.60 bits per heavy atom. The van der Waals surface area contributed by atoms with E-state index >= 15 is 0 Å². The maximum atomic E-state index is 11.1. The molecule has 0 saturated heterocycles. The second-order valence-electron chi connectivity index (χ2n) is 3.61. The summed E-state index contributed by atoms with van der Waals surface area (Å²) in [6, 6.07) is 3.99. The molecule has 15 heavy (non-hydrogen) atoms. The molecule has 0 radical (unpaired) electrons. The van der Waals surface area contributed by atoms with E-state index in [0.29, 0.717) is 6.42 Å². The Labute approximate surface area is 96.3 Å². The molecule has 0 aliphatic heterocycles. The molecule has 0 aromatic carbocycles. The zero-order valence-corrected chi connectivity index (χ0v) is 10.2. The van der Waals surface area contributed by atoms with Crippen molar-refractivity contribution in [2.24, 2.45) is 0 Å². The molecule has 4 heteroatoms. The van der Waals surface area contributed by atoms with Gasteiger partial charge in [0, 0.05) is 6.20 Å². The van der Waals surface area contributed by atoms with Gasteiger partial charge in [-0.2, -0.15) is 0 Å². The number of pyridine rings is 1. The van der Waals surface area contributed by atoms with Crippen LogP contribution in [0.3, 0.4) is 0 Å². The van der Waals surface area contributed by atoms with Crippen LogP contribution in [0.4, 0.5) is 0 Å². The summed E-state index contributed by atoms with van der Waals surface area (Å²) in [7, 11) is 0. The minimum atomic E-state index is 0.121. The number of carbonyl (C=O) groups excluding carboxylic acids is 1. The molecule has 0 aliphatic carbocycles. The van der Waals surface area contributed by atoms with Gasteiger partial charge < -0.3 is 4.40 Å². The Morgan fingerprint density at radius 3 is 3.00 bits per heavy atom. The predicted molar refractivity (Wildman–Crippen MR) is 62.0 cm³/mol. The summed E-state index contributed by atoms with van der Waals surface area (Å²) in [6.45, 7) is 3.60. The third kappa shape index (κ3) is 1.81. The van der Waals surface area contributed by atoms with Crippen molar-refractivity contribution >= 4 is 27.2 Å². The molecule has 0 saturated carbocycles. The Hall–Kier alpha value is -1.16. The highest BCUT2D eigenvalue weighted by atomic mass is 79.9. The van der Waals surface area contributed by atoms with E-state index in [-0.39, 0.29) is 5.78 Å². The summed E-state index contributed by atoms with van der Waals surface area (Å²) in [5.74, 6) is 0.906. The maximum Gasteiger partial charge on any atom is 0.137 e. The van der Waals surface area contributed by atoms with Crippen molar-refractivity contribution in [2.75, 3.05) is 0 Å². The lowest BCUT2D eigenvalue weighted by molar-refractivity contribution is -0.116. The summed E-state index contributed by atoms with van der Waals surface area (Å²) < 4.78 is 2.76. The molecule has 0 aliphatic rings. The number of Topliss-reactive ketones (excluding diaryl/α,β-unsaturated/α-hetero) is 1. The largest absolute Gasteiger partial charge is 0.302 e. The van der Waals surface area contributed by atoms with Gasteiger partial charge in [-0.05, 0) is 41.4 Å². The number of aryl methyl sites for hydroxylation is 1. The summed E-state index contributed by atoms with van der Waals surface area (Å²) >= 11 is 3.42. The van der Waals surface area contributed by atoms with Crippen molar-refractivity contribution in [2.45, 2.75) is 20.3 Å². The van der Waals surface area contributed by atoms with E-state index in [0.717, 1.165) is 21.5 Å². The van der Waals surface area contributed by atoms with Crippen LogP contribution in [0.1, 0.15) is 18.3 Å². The highest BCUT2D eigenvalue weighted by molar-refractivity contribution is 9.10. The lowest BCUT2D eigenvalue weighted by Gasteiger charge is -2.00. The van der Waals surface area contributed by atoms with Crippen molar-refractivity contribution in [3.05, 3.63) is 34.3 Å². The lowest BCUT2D eigenvalue weighted by atomic mass is 10.2. The quantitative estimate of drug-likeness (QED) is 0.838. The number of ketones is 1. The SMILES string of the molecule is CC(=O)Cc1nc(Br)c2c(C)cccn12. The number of hydrogen-bond donors (Lipinski definition) is 0. The number of aromatic nitrogens is 2. The molecule has 0 amide bonds. The van der Waals surface area contributed by atoms with Gasteiger partial charge in [0.1, 0.15) is 16.2 Å². The van der Waals surface area contributed by atoms with E-state index in [4.69, 9.17) is 0 Å². The Morgan fingerprint density at radius 2 is 2.33 bits per heavy atom. The fourth-order valence-electron chi connectivity index (χ4n) is 1.66. The summed E-state index contributed by atoms with van der Waals surface area (Å²) in [5, 5.41) is 0. The highest BCUT2D eigenvalue weighted by Crippen LogP contribution is 2.22. The van der Waals surface area contributed by atoms with Gasteiger partial charge in [-0.3, -0.25) is 4.79 Å². The molecule has 0 unspecified atom stereocenters. The van der Waals surface area contributed by atoms with Crippen LogP contribution in [0.5, 0.6) is 0 Å². The van der Waals surface area contributed by atoms with E-state index in [1.165, 1.54) is 0 Å². The fraction of sp³-hybridized carbons (Fsp3) is 0.273. The lowest BCUT2D eigenvalue weighted by Crippen LogP contribution is -2.02. The van der Waals surface area contributed by atoms with Crippen LogP contribution in [0, 0.1) is 6.92 Å². The second-order valence-corrected chi connectivity index (χ2v) is 4.36. The molecule has 0 fully saturated rings. The summed E-state index contributed by atoms with van der Waals surface area (Å²) in [6.07, 6.45) is 2.30. The van der Waals surface area contributed by atoms with Crippen LogP contribution in [0.25, 0.3) is 5.52 Å². The number of halogens is 1. The molecule has 2 rings (SSSR count). The molecule has 0 bridgehead atoms. The predicted octanol–water partition coefficient (Wildman–Crippen LogP) is 2.54. The van der Waals surface area contributed by atoms with Crippen molar-refractivity contribution in [1.29, 1.82) is 0 Å². The number of hydrogen-bond acceptors (Lipinski definition) is 2. The van der Waals surface area contributed by atoms with Crippen LogP contribution in [-0.4, -0.2) is 15.2 Å². The van der Waals surface area contributed by atoms with E-state index in [1.54, 1.807) is 6.92 Å². The van der Waals surface area contributed by atoms with Crippen LogP contribution in [0.15, 0.2) is 22.9 Å². The summed E-state index contributed by atoms with van der Waals surface area (Å²) in [5.41, 5.74) is 2.18. The molecule has 0 N–H and O–H groups in total. The maximum absolute atomic E-state index is 11.1. The van der Waals surface area contributed by atoms with Crippen LogP contribution in [0.2, 0.25) is 0 Å². The third-order valence-electron chi connectivity index (χ3n) is 2.30. The van der Waals surface area contributed by atoms with Gasteiger partial charge in [-0.25, -0.2) is 4.98 Å². The highest BCUT2D eigenvalue weighted by Gasteiger charge is 2.11. The van der Waals surface area contributed by atoms with Crippen molar-refractivity contribution < 1.29 is 4.79 Å². The van der Waals surface area contributed by atoms with Gasteiger partial charge in [0.05, 0.1) is 11.9 Å². The summed E-state index contributed by atoms with van der Waals surface area (Å²) in [4.78, 5) is 15.4.